The van der Waals surface area contributed by atoms with E-state index in [0.29, 0.717) is 38.8 Å². The Morgan fingerprint density at radius 3 is 1.52 bits per heavy atom. The highest BCUT2D eigenvalue weighted by atomic mass is 31.2. The van der Waals surface area contributed by atoms with Crippen molar-refractivity contribution in [2.75, 3.05) is 19.7 Å². The van der Waals surface area contributed by atoms with Gasteiger partial charge in [0.05, 0.1) is 12.1 Å². The number of carbonyl (C=O) groups is 6. The summed E-state index contributed by atoms with van der Waals surface area (Å²) in [6, 6.07) is -2.89. The van der Waals surface area contributed by atoms with Crippen molar-refractivity contribution in [1.29, 1.82) is 0 Å². The molecule has 0 radical (unpaired) electrons. The second-order valence-electron chi connectivity index (χ2n) is 10.2. The average molecular weight is 653 g/mol. The Morgan fingerprint density at radius 2 is 1.11 bits per heavy atom. The van der Waals surface area contributed by atoms with Crippen LogP contribution in [0.4, 0.5) is 0 Å². The fourth-order valence-corrected chi connectivity index (χ4v) is 6.35. The van der Waals surface area contributed by atoms with Crippen molar-refractivity contribution in [3.8, 4) is 0 Å². The lowest BCUT2D eigenvalue weighted by Gasteiger charge is -2.44. The van der Waals surface area contributed by atoms with Gasteiger partial charge in [0.2, 0.25) is 17.3 Å². The molecule has 252 valence electrons. The van der Waals surface area contributed by atoms with Gasteiger partial charge in [0.25, 0.3) is 0 Å². The van der Waals surface area contributed by atoms with Crippen LogP contribution in [0.5, 0.6) is 0 Å². The second kappa shape index (κ2) is 18.9. The number of ether oxygens (including phenoxy) is 5. The first-order valence-corrected chi connectivity index (χ1v) is 15.8. The highest BCUT2D eigenvalue weighted by Gasteiger charge is 2.57. The van der Waals surface area contributed by atoms with Gasteiger partial charge in [0.1, 0.15) is 12.7 Å². The highest BCUT2D eigenvalue weighted by Crippen LogP contribution is 2.53. The Kier molecular flexibility index (Phi) is 16.8. The predicted molar refractivity (Wildman–Crippen MR) is 152 cm³/mol. The number of carbonyl (C=O) groups excluding carboxylic acids is 6. The molecule has 1 aliphatic rings. The maximum absolute atomic E-state index is 14.4. The number of hydrogen-bond donors (Lipinski definition) is 4. The molecule has 0 spiro atoms. The number of esters is 4. The van der Waals surface area contributed by atoms with Gasteiger partial charge >= 0.3 is 31.2 Å². The molecule has 0 aromatic heterocycles. The lowest BCUT2D eigenvalue weighted by Crippen LogP contribution is -2.63. The summed E-state index contributed by atoms with van der Waals surface area (Å²) in [5.41, 5.74) is 20.5. The van der Waals surface area contributed by atoms with Crippen LogP contribution in [0.2, 0.25) is 0 Å². The third-order valence-electron chi connectivity index (χ3n) is 6.35. The third-order valence-corrected chi connectivity index (χ3v) is 8.68. The minimum absolute atomic E-state index is 0.00233. The molecular weight excluding hydrogens is 607 g/mol. The molecule has 7 atom stereocenters. The van der Waals surface area contributed by atoms with Crippen LogP contribution in [0.15, 0.2) is 0 Å². The largest absolute Gasteiger partial charge is 0.463 e. The van der Waals surface area contributed by atoms with E-state index in [1.54, 1.807) is 0 Å². The van der Waals surface area contributed by atoms with E-state index in [4.69, 9.17) is 51.1 Å². The molecule has 0 unspecified atom stereocenters. The minimum Gasteiger partial charge on any atom is -0.463 e. The van der Waals surface area contributed by atoms with Gasteiger partial charge in [-0.05, 0) is 38.8 Å². The van der Waals surface area contributed by atoms with E-state index in [9.17, 15) is 33.3 Å². The van der Waals surface area contributed by atoms with Crippen LogP contribution in [0.3, 0.4) is 0 Å². The van der Waals surface area contributed by atoms with E-state index in [1.807, 2.05) is 0 Å². The van der Waals surface area contributed by atoms with Crippen molar-refractivity contribution in [3.63, 3.8) is 0 Å². The normalized spacial score (nSPS) is 23.1. The summed E-state index contributed by atoms with van der Waals surface area (Å²) < 4.78 is 46.7. The van der Waals surface area contributed by atoms with E-state index in [2.05, 4.69) is 0 Å². The van der Waals surface area contributed by atoms with E-state index in [-0.39, 0.29) is 12.8 Å². The quantitative estimate of drug-likeness (QED) is 0.0582. The van der Waals surface area contributed by atoms with Gasteiger partial charge in [-0.15, -0.1) is 0 Å². The first kappa shape index (κ1) is 39.2. The molecule has 1 saturated heterocycles. The van der Waals surface area contributed by atoms with Crippen LogP contribution < -0.4 is 22.9 Å². The van der Waals surface area contributed by atoms with Crippen molar-refractivity contribution < 1.29 is 61.5 Å². The Bertz CT molecular complexity index is 1040. The fraction of sp³-hybridized carbons (Fsp3) is 0.769. The molecular formula is C26H45N4O13P. The minimum atomic E-state index is -5.20. The molecule has 0 aromatic carbocycles. The lowest BCUT2D eigenvalue weighted by molar-refractivity contribution is -0.288. The standard InChI is InChI=1S/C26H45N4O13P/c1-14(31)38-13-20-21(39-15(2)32)22(40-16(3)33)23(41-17(4)34)26(42-20)43-44(37,24(35)18(29)9-5-7-11-27)25(36)19(30)10-6-8-12-28/h18-23,26H,5-13,27-30H2,1-4H3/t18-,19-,20-,21-,22+,23+,26-/m1/s1. The van der Waals surface area contributed by atoms with Gasteiger partial charge in [0.15, 0.2) is 18.3 Å². The summed E-state index contributed by atoms with van der Waals surface area (Å²) in [6.07, 6.45) is -6.96. The van der Waals surface area contributed by atoms with E-state index in [0.717, 1.165) is 27.7 Å². The van der Waals surface area contributed by atoms with Crippen molar-refractivity contribution in [2.24, 2.45) is 22.9 Å². The Hall–Kier alpha value is -2.79. The first-order valence-electron chi connectivity index (χ1n) is 14.2. The van der Waals surface area contributed by atoms with Gasteiger partial charge in [-0.25, -0.2) is 0 Å². The van der Waals surface area contributed by atoms with Crippen LogP contribution in [0.1, 0.15) is 66.2 Å². The second-order valence-corrected chi connectivity index (χ2v) is 12.4. The van der Waals surface area contributed by atoms with Crippen LogP contribution >= 0.6 is 7.37 Å². The highest BCUT2D eigenvalue weighted by molar-refractivity contribution is 7.90. The Labute approximate surface area is 255 Å². The van der Waals surface area contributed by atoms with Crippen LogP contribution in [-0.2, 0) is 61.5 Å². The van der Waals surface area contributed by atoms with Crippen LogP contribution in [-0.4, -0.2) is 97.4 Å². The predicted octanol–water partition coefficient (Wildman–Crippen LogP) is -0.670. The molecule has 0 bridgehead atoms. The van der Waals surface area contributed by atoms with Gasteiger partial charge < -0.3 is 46.6 Å². The lowest BCUT2D eigenvalue weighted by atomic mass is 9.98. The molecule has 1 rings (SSSR count). The SMILES string of the molecule is CC(=O)OC[C@H]1O[C@H](OP(=O)(C(=O)[C@H](N)CCCCN)C(=O)[C@H](N)CCCCN)[C@@H](OC(C)=O)[C@@H](OC(C)=O)[C@@H]1OC(C)=O. The Morgan fingerprint density at radius 1 is 0.682 bits per heavy atom. The summed E-state index contributed by atoms with van der Waals surface area (Å²) in [4.78, 5) is 75.0. The zero-order chi connectivity index (χ0) is 33.6. The summed E-state index contributed by atoms with van der Waals surface area (Å²) in [5, 5.41) is 0. The molecule has 1 aliphatic heterocycles. The molecule has 0 aromatic rings. The zero-order valence-corrected chi connectivity index (χ0v) is 26.4. The average Bonchev–Trinajstić information content (AvgIpc) is 2.93. The molecule has 1 heterocycles. The summed E-state index contributed by atoms with van der Waals surface area (Å²) in [6.45, 7) is 4.05. The van der Waals surface area contributed by atoms with Gasteiger partial charge in [-0.1, -0.05) is 12.8 Å². The summed E-state index contributed by atoms with van der Waals surface area (Å²) >= 11 is 0. The van der Waals surface area contributed by atoms with Crippen LogP contribution in [0.25, 0.3) is 0 Å². The topological polar surface area (TPSA) is 279 Å². The van der Waals surface area contributed by atoms with E-state index < -0.39 is 91.7 Å². The molecule has 0 amide bonds. The van der Waals surface area contributed by atoms with Crippen molar-refractivity contribution in [2.45, 2.75) is 109 Å². The number of hydrogen-bond acceptors (Lipinski definition) is 17. The summed E-state index contributed by atoms with van der Waals surface area (Å²) in [5.74, 6) is -3.57. The molecule has 1 fully saturated rings. The zero-order valence-electron chi connectivity index (χ0n) is 25.5. The molecule has 17 nitrogen and oxygen atoms in total. The van der Waals surface area contributed by atoms with Gasteiger partial charge in [-0.2, -0.15) is 0 Å². The van der Waals surface area contributed by atoms with E-state index >= 15 is 0 Å². The smallest absolute Gasteiger partial charge is 0.336 e. The monoisotopic (exact) mass is 652 g/mol. The van der Waals surface area contributed by atoms with Crippen LogP contribution in [0, 0.1) is 0 Å². The maximum atomic E-state index is 14.4. The summed E-state index contributed by atoms with van der Waals surface area (Å²) in [7, 11) is -5.20. The van der Waals surface area contributed by atoms with E-state index in [1.165, 1.54) is 0 Å². The van der Waals surface area contributed by atoms with Gasteiger partial charge in [0, 0.05) is 27.7 Å². The third kappa shape index (κ3) is 12.0. The number of nitrogens with two attached hydrogens (primary N) is 4. The molecule has 44 heavy (non-hydrogen) atoms. The molecule has 0 aliphatic carbocycles. The van der Waals surface area contributed by atoms with Crippen molar-refractivity contribution in [1.82, 2.24) is 0 Å². The molecule has 8 N–H and O–H groups in total. The first-order chi connectivity index (χ1) is 20.6. The van der Waals surface area contributed by atoms with Gasteiger partial charge in [-0.3, -0.25) is 37.9 Å². The number of unbranched alkanes of at least 4 members (excludes halogenated alkanes) is 2. The molecule has 0 saturated carbocycles. The van der Waals surface area contributed by atoms with Crippen molar-refractivity contribution >= 4 is 42.3 Å². The fourth-order valence-electron chi connectivity index (χ4n) is 4.33. The maximum Gasteiger partial charge on any atom is 0.336 e. The number of rotatable bonds is 19. The Balaban J connectivity index is 3.71. The molecule has 18 heteroatoms. The van der Waals surface area contributed by atoms with Crippen molar-refractivity contribution in [3.05, 3.63) is 0 Å².